The molecule has 0 atom stereocenters. The van der Waals surface area contributed by atoms with Crippen LogP contribution in [0.2, 0.25) is 0 Å². The third kappa shape index (κ3) is 3.46. The van der Waals surface area contributed by atoms with E-state index in [1.807, 2.05) is 0 Å². The molecule has 1 heterocycles. The summed E-state index contributed by atoms with van der Waals surface area (Å²) in [7, 11) is 0. The van der Waals surface area contributed by atoms with E-state index < -0.39 is 0 Å². The lowest BCUT2D eigenvalue weighted by Gasteiger charge is -2.10. The molecule has 0 amide bonds. The third-order valence-corrected chi connectivity index (χ3v) is 3.43. The predicted molar refractivity (Wildman–Crippen MR) is 83.9 cm³/mol. The summed E-state index contributed by atoms with van der Waals surface area (Å²) in [6.07, 6.45) is 4.79. The molecule has 1 aromatic carbocycles. The molecule has 0 aliphatic carbocycles. The number of hydrogen-bond donors (Lipinski definition) is 1. The number of aromatic nitrogens is 1. The number of benzene rings is 1. The number of unbranched alkanes of at least 4 members (excludes halogenated alkanes) is 1. The molecular formula is C17H24N2. The third-order valence-electron chi connectivity index (χ3n) is 3.43. The van der Waals surface area contributed by atoms with Gasteiger partial charge >= 0.3 is 0 Å². The maximum atomic E-state index is 4.72. The first-order chi connectivity index (χ1) is 9.24. The van der Waals surface area contributed by atoms with Gasteiger partial charge in [-0.15, -0.1) is 0 Å². The zero-order valence-corrected chi connectivity index (χ0v) is 12.3. The minimum Gasteiger partial charge on any atom is -0.370 e. The quantitative estimate of drug-likeness (QED) is 0.809. The first-order valence-electron chi connectivity index (χ1n) is 7.38. The molecule has 19 heavy (non-hydrogen) atoms. The van der Waals surface area contributed by atoms with Gasteiger partial charge in [0.1, 0.15) is 5.82 Å². The Morgan fingerprint density at radius 3 is 2.68 bits per heavy atom. The average molecular weight is 256 g/mol. The van der Waals surface area contributed by atoms with Crippen LogP contribution < -0.4 is 5.32 Å². The van der Waals surface area contributed by atoms with Gasteiger partial charge in [0.05, 0.1) is 5.52 Å². The van der Waals surface area contributed by atoms with Crippen LogP contribution in [-0.2, 0) is 6.42 Å². The Bertz CT molecular complexity index is 546. The fourth-order valence-electron chi connectivity index (χ4n) is 2.29. The van der Waals surface area contributed by atoms with Gasteiger partial charge < -0.3 is 5.32 Å². The van der Waals surface area contributed by atoms with E-state index in [2.05, 4.69) is 50.4 Å². The average Bonchev–Trinajstić information content (AvgIpc) is 2.42. The van der Waals surface area contributed by atoms with E-state index in [1.54, 1.807) is 0 Å². The summed E-state index contributed by atoms with van der Waals surface area (Å²) >= 11 is 0. The Kier molecular flexibility index (Phi) is 4.78. The van der Waals surface area contributed by atoms with Crippen molar-refractivity contribution in [2.75, 3.05) is 11.9 Å². The molecule has 0 fully saturated rings. The molecule has 1 aromatic heterocycles. The van der Waals surface area contributed by atoms with Gasteiger partial charge in [-0.3, -0.25) is 0 Å². The number of nitrogens with one attached hydrogen (secondary N) is 1. The number of nitrogens with zero attached hydrogens (tertiary/aromatic N) is 1. The molecule has 0 saturated heterocycles. The lowest BCUT2D eigenvalue weighted by molar-refractivity contribution is 0.796. The molecule has 2 aromatic rings. The van der Waals surface area contributed by atoms with E-state index in [4.69, 9.17) is 4.98 Å². The minimum absolute atomic E-state index is 0.980. The highest BCUT2D eigenvalue weighted by atomic mass is 15.0. The van der Waals surface area contributed by atoms with E-state index >= 15 is 0 Å². The highest BCUT2D eigenvalue weighted by molar-refractivity contribution is 5.82. The van der Waals surface area contributed by atoms with Gasteiger partial charge in [-0.25, -0.2) is 4.98 Å². The van der Waals surface area contributed by atoms with Crippen LogP contribution in [0.4, 0.5) is 5.82 Å². The molecule has 0 bridgehead atoms. The predicted octanol–water partition coefficient (Wildman–Crippen LogP) is 4.71. The summed E-state index contributed by atoms with van der Waals surface area (Å²) in [5, 5.41) is 4.65. The number of aryl methyl sites for hydroxylation is 2. The van der Waals surface area contributed by atoms with Crippen molar-refractivity contribution >= 4 is 16.7 Å². The second-order valence-electron chi connectivity index (χ2n) is 5.21. The molecule has 102 valence electrons. The van der Waals surface area contributed by atoms with Gasteiger partial charge in [0.25, 0.3) is 0 Å². The van der Waals surface area contributed by atoms with E-state index in [1.165, 1.54) is 35.8 Å². The summed E-state index contributed by atoms with van der Waals surface area (Å²) < 4.78 is 0. The van der Waals surface area contributed by atoms with Crippen LogP contribution in [0.1, 0.15) is 44.2 Å². The largest absolute Gasteiger partial charge is 0.370 e. The smallest absolute Gasteiger partial charge is 0.129 e. The van der Waals surface area contributed by atoms with Gasteiger partial charge in [0.15, 0.2) is 0 Å². The van der Waals surface area contributed by atoms with Gasteiger partial charge in [0.2, 0.25) is 0 Å². The van der Waals surface area contributed by atoms with Crippen molar-refractivity contribution in [3.8, 4) is 0 Å². The van der Waals surface area contributed by atoms with Gasteiger partial charge in [-0.05, 0) is 55.5 Å². The second-order valence-corrected chi connectivity index (χ2v) is 5.21. The van der Waals surface area contributed by atoms with Crippen LogP contribution in [0.25, 0.3) is 10.9 Å². The Morgan fingerprint density at radius 2 is 1.95 bits per heavy atom. The first kappa shape index (κ1) is 13.9. The Hall–Kier alpha value is -1.57. The van der Waals surface area contributed by atoms with Crippen molar-refractivity contribution in [2.24, 2.45) is 0 Å². The van der Waals surface area contributed by atoms with Crippen LogP contribution in [0.3, 0.4) is 0 Å². The molecular weight excluding hydrogens is 232 g/mol. The summed E-state index contributed by atoms with van der Waals surface area (Å²) in [5.74, 6) is 1.02. The Morgan fingerprint density at radius 1 is 1.11 bits per heavy atom. The molecule has 0 aliphatic heterocycles. The van der Waals surface area contributed by atoms with Gasteiger partial charge in [0, 0.05) is 11.9 Å². The summed E-state index contributed by atoms with van der Waals surface area (Å²) in [4.78, 5) is 4.72. The van der Waals surface area contributed by atoms with Crippen LogP contribution in [0, 0.1) is 6.92 Å². The van der Waals surface area contributed by atoms with Crippen LogP contribution in [0.15, 0.2) is 24.3 Å². The maximum absolute atomic E-state index is 4.72. The molecule has 2 heteroatoms. The fourth-order valence-corrected chi connectivity index (χ4v) is 2.29. The van der Waals surface area contributed by atoms with Crippen molar-refractivity contribution in [1.29, 1.82) is 0 Å². The van der Waals surface area contributed by atoms with Crippen molar-refractivity contribution in [3.05, 3.63) is 35.4 Å². The molecule has 0 spiro atoms. The topological polar surface area (TPSA) is 24.9 Å². The van der Waals surface area contributed by atoms with Crippen molar-refractivity contribution in [3.63, 3.8) is 0 Å². The van der Waals surface area contributed by atoms with E-state index in [0.717, 1.165) is 24.3 Å². The van der Waals surface area contributed by atoms with Crippen LogP contribution in [0.5, 0.6) is 0 Å². The van der Waals surface area contributed by atoms with E-state index in [9.17, 15) is 0 Å². The van der Waals surface area contributed by atoms with Crippen LogP contribution in [-0.4, -0.2) is 11.5 Å². The number of anilines is 1. The fraction of sp³-hybridized carbons (Fsp3) is 0.471. The molecule has 0 unspecified atom stereocenters. The Labute approximate surface area is 116 Å². The SMILES string of the molecule is CCCCc1ccc2nc(NCCC)c(C)cc2c1. The number of rotatable bonds is 6. The summed E-state index contributed by atoms with van der Waals surface area (Å²) in [5.41, 5.74) is 3.74. The molecule has 1 N–H and O–H groups in total. The number of hydrogen-bond acceptors (Lipinski definition) is 2. The molecule has 0 radical (unpaired) electrons. The molecule has 0 saturated carbocycles. The standard InChI is InChI=1S/C17H24N2/c1-4-6-7-14-8-9-16-15(12-14)11-13(3)17(19-16)18-10-5-2/h8-9,11-12H,4-7,10H2,1-3H3,(H,18,19). The zero-order valence-electron chi connectivity index (χ0n) is 12.3. The lowest BCUT2D eigenvalue weighted by atomic mass is 10.0. The highest BCUT2D eigenvalue weighted by Crippen LogP contribution is 2.21. The molecule has 0 aliphatic rings. The zero-order chi connectivity index (χ0) is 13.7. The molecule has 2 nitrogen and oxygen atoms in total. The van der Waals surface area contributed by atoms with E-state index in [-0.39, 0.29) is 0 Å². The first-order valence-corrected chi connectivity index (χ1v) is 7.38. The van der Waals surface area contributed by atoms with E-state index in [0.29, 0.717) is 0 Å². The second kappa shape index (κ2) is 6.55. The highest BCUT2D eigenvalue weighted by Gasteiger charge is 2.03. The van der Waals surface area contributed by atoms with Crippen LogP contribution >= 0.6 is 0 Å². The number of pyridine rings is 1. The summed E-state index contributed by atoms with van der Waals surface area (Å²) in [6.45, 7) is 7.51. The maximum Gasteiger partial charge on any atom is 0.129 e. The van der Waals surface area contributed by atoms with Gasteiger partial charge in [-0.2, -0.15) is 0 Å². The minimum atomic E-state index is 0.980. The lowest BCUT2D eigenvalue weighted by Crippen LogP contribution is -2.04. The van der Waals surface area contributed by atoms with Crippen molar-refractivity contribution in [2.45, 2.75) is 46.5 Å². The normalized spacial score (nSPS) is 10.9. The van der Waals surface area contributed by atoms with Crippen molar-refractivity contribution in [1.82, 2.24) is 4.98 Å². The molecule has 2 rings (SSSR count). The van der Waals surface area contributed by atoms with Crippen molar-refractivity contribution < 1.29 is 0 Å². The monoisotopic (exact) mass is 256 g/mol. The summed E-state index contributed by atoms with van der Waals surface area (Å²) in [6, 6.07) is 8.89. The number of fused-ring (bicyclic) bond motifs is 1. The Balaban J connectivity index is 2.29. The van der Waals surface area contributed by atoms with Gasteiger partial charge in [-0.1, -0.05) is 26.3 Å².